The molecule has 2 bridgehead atoms. The number of carbonyl (C=O) groups excluding carboxylic acids is 3. The fraction of sp³-hybridized carbons (Fsp3) is 0.667. The summed E-state index contributed by atoms with van der Waals surface area (Å²) in [6.45, 7) is 6.87. The Morgan fingerprint density at radius 2 is 1.57 bits per heavy atom. The van der Waals surface area contributed by atoms with Crippen LogP contribution in [0.1, 0.15) is 27.7 Å². The minimum Gasteiger partial charge on any atom is -0.463 e. The van der Waals surface area contributed by atoms with Gasteiger partial charge in [-0.3, -0.25) is 14.4 Å². The van der Waals surface area contributed by atoms with Crippen LogP contribution in [0.2, 0.25) is 0 Å². The summed E-state index contributed by atoms with van der Waals surface area (Å²) in [7, 11) is 0. The van der Waals surface area contributed by atoms with Crippen LogP contribution in [0.15, 0.2) is 12.2 Å². The maximum Gasteiger partial charge on any atom is 0.313 e. The summed E-state index contributed by atoms with van der Waals surface area (Å²) in [5.74, 6) is -3.25. The molecule has 0 aromatic carbocycles. The normalized spacial score (nSPS) is 30.9. The van der Waals surface area contributed by atoms with Crippen molar-refractivity contribution in [3.8, 4) is 0 Å². The van der Waals surface area contributed by atoms with Crippen molar-refractivity contribution < 1.29 is 28.6 Å². The molecule has 6 nitrogen and oxygen atoms in total. The van der Waals surface area contributed by atoms with Crippen LogP contribution in [-0.2, 0) is 28.6 Å². The third-order valence-electron chi connectivity index (χ3n) is 3.35. The second-order valence-electron chi connectivity index (χ2n) is 5.81. The third-order valence-corrected chi connectivity index (χ3v) is 3.35. The first-order valence-corrected chi connectivity index (χ1v) is 7.09. The van der Waals surface area contributed by atoms with Crippen molar-refractivity contribution in [2.75, 3.05) is 0 Å². The fourth-order valence-electron chi connectivity index (χ4n) is 2.60. The number of rotatable bonds is 4. The van der Waals surface area contributed by atoms with Gasteiger partial charge in [-0.15, -0.1) is 0 Å². The van der Waals surface area contributed by atoms with Crippen molar-refractivity contribution >= 4 is 17.7 Å². The molecule has 2 rings (SSSR count). The Labute approximate surface area is 123 Å². The number of carbonyl (C=O) groups is 3. The average molecular weight is 296 g/mol. The van der Waals surface area contributed by atoms with Gasteiger partial charge in [0.05, 0.1) is 18.3 Å². The SMILES string of the molecule is CC(C)OC(=O)[C@@H]1[C@@H](C(=O)OC(C)C)[C@@H]2O[C@H]1C=CC2=O. The number of hydrogen-bond acceptors (Lipinski definition) is 6. The predicted octanol–water partition coefficient (Wildman–Crippen LogP) is 1.03. The van der Waals surface area contributed by atoms with Crippen molar-refractivity contribution in [1.29, 1.82) is 0 Å². The molecule has 0 aromatic heterocycles. The van der Waals surface area contributed by atoms with E-state index in [2.05, 4.69) is 0 Å². The van der Waals surface area contributed by atoms with Gasteiger partial charge in [0.15, 0.2) is 5.78 Å². The Morgan fingerprint density at radius 3 is 2.10 bits per heavy atom. The zero-order valence-corrected chi connectivity index (χ0v) is 12.6. The number of esters is 2. The molecule has 6 heteroatoms. The molecule has 116 valence electrons. The highest BCUT2D eigenvalue weighted by Gasteiger charge is 2.56. The summed E-state index contributed by atoms with van der Waals surface area (Å²) >= 11 is 0. The Hall–Kier alpha value is -1.69. The fourth-order valence-corrected chi connectivity index (χ4v) is 2.60. The highest BCUT2D eigenvalue weighted by atomic mass is 16.6. The van der Waals surface area contributed by atoms with Gasteiger partial charge in [0.25, 0.3) is 0 Å². The van der Waals surface area contributed by atoms with E-state index in [9.17, 15) is 14.4 Å². The standard InChI is InChI=1S/C15H20O6/c1-7(2)19-14(17)11-10-6-5-9(16)13(21-10)12(11)15(18)20-8(3)4/h5-8,10-13H,1-4H3/t10-,11-,12+,13+/m0/s1. The molecule has 2 aliphatic heterocycles. The molecule has 2 heterocycles. The van der Waals surface area contributed by atoms with Gasteiger partial charge in [-0.05, 0) is 33.8 Å². The smallest absolute Gasteiger partial charge is 0.313 e. The Balaban J connectivity index is 2.26. The first-order chi connectivity index (χ1) is 9.81. The molecule has 0 N–H and O–H groups in total. The molecule has 0 radical (unpaired) electrons. The van der Waals surface area contributed by atoms with Crippen molar-refractivity contribution in [1.82, 2.24) is 0 Å². The maximum absolute atomic E-state index is 12.3. The Morgan fingerprint density at radius 1 is 1.05 bits per heavy atom. The van der Waals surface area contributed by atoms with Crippen LogP contribution >= 0.6 is 0 Å². The molecular weight excluding hydrogens is 276 g/mol. The van der Waals surface area contributed by atoms with Crippen LogP contribution in [0.25, 0.3) is 0 Å². The number of hydrogen-bond donors (Lipinski definition) is 0. The van der Waals surface area contributed by atoms with E-state index in [4.69, 9.17) is 14.2 Å². The molecule has 21 heavy (non-hydrogen) atoms. The summed E-state index contributed by atoms with van der Waals surface area (Å²) in [5.41, 5.74) is 0. The zero-order chi connectivity index (χ0) is 15.7. The summed E-state index contributed by atoms with van der Waals surface area (Å²) in [4.78, 5) is 36.4. The Bertz CT molecular complexity index is 479. The average Bonchev–Trinajstić information content (AvgIpc) is 2.67. The van der Waals surface area contributed by atoms with E-state index >= 15 is 0 Å². The number of fused-ring (bicyclic) bond motifs is 2. The minimum absolute atomic E-state index is 0.306. The first kappa shape index (κ1) is 15.7. The molecule has 4 atom stereocenters. The lowest BCUT2D eigenvalue weighted by Crippen LogP contribution is -2.39. The number of ether oxygens (including phenoxy) is 3. The lowest BCUT2D eigenvalue weighted by Gasteiger charge is -2.21. The lowest BCUT2D eigenvalue weighted by molar-refractivity contribution is -0.164. The van der Waals surface area contributed by atoms with Gasteiger partial charge in [0.2, 0.25) is 0 Å². The lowest BCUT2D eigenvalue weighted by atomic mass is 9.87. The molecule has 2 aliphatic rings. The van der Waals surface area contributed by atoms with Crippen LogP contribution in [0.5, 0.6) is 0 Å². The molecule has 0 spiro atoms. The predicted molar refractivity (Wildman–Crippen MR) is 72.2 cm³/mol. The highest BCUT2D eigenvalue weighted by molar-refractivity contribution is 6.00. The van der Waals surface area contributed by atoms with E-state index in [1.807, 2.05) is 0 Å². The molecule has 0 saturated carbocycles. The monoisotopic (exact) mass is 296 g/mol. The van der Waals surface area contributed by atoms with Crippen molar-refractivity contribution in [3.63, 3.8) is 0 Å². The van der Waals surface area contributed by atoms with Crippen molar-refractivity contribution in [3.05, 3.63) is 12.2 Å². The molecule has 0 aromatic rings. The second-order valence-corrected chi connectivity index (χ2v) is 5.81. The van der Waals surface area contributed by atoms with Gasteiger partial charge in [0, 0.05) is 0 Å². The third kappa shape index (κ3) is 3.15. The van der Waals surface area contributed by atoms with Crippen LogP contribution in [0, 0.1) is 11.8 Å². The van der Waals surface area contributed by atoms with Gasteiger partial charge in [-0.1, -0.05) is 6.08 Å². The molecular formula is C15H20O6. The van der Waals surface area contributed by atoms with Gasteiger partial charge < -0.3 is 14.2 Å². The first-order valence-electron chi connectivity index (χ1n) is 7.09. The second kappa shape index (κ2) is 5.97. The largest absolute Gasteiger partial charge is 0.463 e. The molecule has 1 fully saturated rings. The molecule has 1 saturated heterocycles. The van der Waals surface area contributed by atoms with Crippen LogP contribution in [-0.4, -0.2) is 42.1 Å². The van der Waals surface area contributed by atoms with Crippen LogP contribution in [0.4, 0.5) is 0 Å². The topological polar surface area (TPSA) is 78.9 Å². The van der Waals surface area contributed by atoms with E-state index in [1.54, 1.807) is 27.7 Å². The van der Waals surface area contributed by atoms with Gasteiger partial charge in [-0.25, -0.2) is 0 Å². The quantitative estimate of drug-likeness (QED) is 0.721. The van der Waals surface area contributed by atoms with Crippen molar-refractivity contribution in [2.45, 2.75) is 52.1 Å². The summed E-state index contributed by atoms with van der Waals surface area (Å²) in [5, 5.41) is 0. The minimum atomic E-state index is -0.962. The van der Waals surface area contributed by atoms with Crippen molar-refractivity contribution in [2.24, 2.45) is 11.8 Å². The zero-order valence-electron chi connectivity index (χ0n) is 12.6. The summed E-state index contributed by atoms with van der Waals surface area (Å²) < 4.78 is 15.9. The summed E-state index contributed by atoms with van der Waals surface area (Å²) in [6, 6.07) is 0. The van der Waals surface area contributed by atoms with Crippen LogP contribution < -0.4 is 0 Å². The van der Waals surface area contributed by atoms with E-state index < -0.39 is 36.0 Å². The maximum atomic E-state index is 12.3. The number of ketones is 1. The van der Waals surface area contributed by atoms with E-state index in [0.29, 0.717) is 0 Å². The van der Waals surface area contributed by atoms with E-state index in [0.717, 1.165) is 0 Å². The molecule has 0 unspecified atom stereocenters. The Kier molecular flexibility index (Phi) is 4.46. The highest BCUT2D eigenvalue weighted by Crippen LogP contribution is 2.39. The molecule has 0 amide bonds. The van der Waals surface area contributed by atoms with Gasteiger partial charge >= 0.3 is 11.9 Å². The van der Waals surface area contributed by atoms with Crippen LogP contribution in [0.3, 0.4) is 0 Å². The molecule has 0 aliphatic carbocycles. The van der Waals surface area contributed by atoms with Gasteiger partial charge in [0.1, 0.15) is 17.9 Å². The van der Waals surface area contributed by atoms with Gasteiger partial charge in [-0.2, -0.15) is 0 Å². The summed E-state index contributed by atoms with van der Waals surface area (Å²) in [6.07, 6.45) is 0.645. The van der Waals surface area contributed by atoms with E-state index in [-0.39, 0.29) is 18.0 Å². The van der Waals surface area contributed by atoms with E-state index in [1.165, 1.54) is 12.2 Å².